The van der Waals surface area contributed by atoms with E-state index in [1.54, 1.807) is 26.2 Å². The van der Waals surface area contributed by atoms with Gasteiger partial charge in [0.05, 0.1) is 18.2 Å². The fraction of sp³-hybridized carbons (Fsp3) is 0.296. The second kappa shape index (κ2) is 9.17. The molecule has 4 rings (SSSR count). The lowest BCUT2D eigenvalue weighted by molar-refractivity contribution is -0.143. The summed E-state index contributed by atoms with van der Waals surface area (Å²) in [5, 5.41) is 13.6. The van der Waals surface area contributed by atoms with Crippen LogP contribution in [0.25, 0.3) is 33.1 Å². The Morgan fingerprint density at radius 3 is 2.41 bits per heavy atom. The molecule has 0 aliphatic heterocycles. The molecular formula is C27H27NO6. The van der Waals surface area contributed by atoms with E-state index in [9.17, 15) is 19.5 Å². The van der Waals surface area contributed by atoms with Crippen LogP contribution in [-0.2, 0) is 16.0 Å². The van der Waals surface area contributed by atoms with Gasteiger partial charge in [0.15, 0.2) is 0 Å². The van der Waals surface area contributed by atoms with Crippen LogP contribution in [0.4, 0.5) is 0 Å². The summed E-state index contributed by atoms with van der Waals surface area (Å²) >= 11 is 0. The van der Waals surface area contributed by atoms with Gasteiger partial charge >= 0.3 is 11.6 Å². The predicted molar refractivity (Wildman–Crippen MR) is 130 cm³/mol. The lowest BCUT2D eigenvalue weighted by Crippen LogP contribution is -2.45. The number of amides is 1. The van der Waals surface area contributed by atoms with Crippen molar-refractivity contribution in [3.05, 3.63) is 69.8 Å². The van der Waals surface area contributed by atoms with Crippen molar-refractivity contribution < 1.29 is 23.5 Å². The highest BCUT2D eigenvalue weighted by Crippen LogP contribution is 2.34. The van der Waals surface area contributed by atoms with E-state index in [-0.39, 0.29) is 17.9 Å². The Bertz CT molecular complexity index is 1440. The molecule has 2 atom stereocenters. The van der Waals surface area contributed by atoms with Crippen molar-refractivity contribution in [3.8, 4) is 11.1 Å². The zero-order valence-corrected chi connectivity index (χ0v) is 19.6. The Labute approximate surface area is 196 Å². The molecule has 0 bridgehead atoms. The molecule has 2 aromatic carbocycles. The number of nitrogens with one attached hydrogen (secondary N) is 1. The van der Waals surface area contributed by atoms with Crippen molar-refractivity contribution in [1.29, 1.82) is 0 Å². The summed E-state index contributed by atoms with van der Waals surface area (Å²) in [5.74, 6) is -1.88. The molecule has 0 aliphatic carbocycles. The van der Waals surface area contributed by atoms with Crippen LogP contribution in [0, 0.1) is 19.8 Å². The Morgan fingerprint density at radius 1 is 1.06 bits per heavy atom. The fourth-order valence-corrected chi connectivity index (χ4v) is 4.14. The molecule has 1 amide bonds. The maximum absolute atomic E-state index is 12.7. The number of benzene rings is 2. The van der Waals surface area contributed by atoms with Gasteiger partial charge in [-0.2, -0.15) is 0 Å². The second-order valence-corrected chi connectivity index (χ2v) is 8.80. The number of aliphatic carboxylic acids is 1. The predicted octanol–water partition coefficient (Wildman–Crippen LogP) is 4.98. The monoisotopic (exact) mass is 461 g/mol. The van der Waals surface area contributed by atoms with E-state index in [0.29, 0.717) is 28.5 Å². The maximum atomic E-state index is 12.7. The van der Waals surface area contributed by atoms with Gasteiger partial charge in [-0.3, -0.25) is 4.79 Å². The maximum Gasteiger partial charge on any atom is 0.340 e. The van der Waals surface area contributed by atoms with Gasteiger partial charge in [-0.1, -0.05) is 50.1 Å². The number of rotatable bonds is 7. The lowest BCUT2D eigenvalue weighted by Gasteiger charge is -2.20. The Kier molecular flexibility index (Phi) is 6.28. The molecule has 0 spiro atoms. The van der Waals surface area contributed by atoms with Crippen molar-refractivity contribution in [2.75, 3.05) is 0 Å². The third kappa shape index (κ3) is 4.33. The average Bonchev–Trinajstić information content (AvgIpc) is 3.21. The summed E-state index contributed by atoms with van der Waals surface area (Å²) in [7, 11) is 0. The van der Waals surface area contributed by atoms with Gasteiger partial charge in [-0.15, -0.1) is 0 Å². The molecule has 2 N–H and O–H groups in total. The van der Waals surface area contributed by atoms with E-state index < -0.39 is 23.5 Å². The topological polar surface area (TPSA) is 110 Å². The fourth-order valence-electron chi connectivity index (χ4n) is 4.14. The molecule has 0 saturated carbocycles. The highest BCUT2D eigenvalue weighted by atomic mass is 16.4. The molecule has 0 radical (unpaired) electrons. The molecule has 4 aromatic rings. The average molecular weight is 462 g/mol. The van der Waals surface area contributed by atoms with Crippen molar-refractivity contribution in [2.24, 2.45) is 5.92 Å². The molecule has 2 heterocycles. The van der Waals surface area contributed by atoms with Gasteiger partial charge in [-0.25, -0.2) is 9.59 Å². The van der Waals surface area contributed by atoms with Crippen molar-refractivity contribution in [2.45, 2.75) is 46.6 Å². The lowest BCUT2D eigenvalue weighted by atomic mass is 9.97. The van der Waals surface area contributed by atoms with Crippen LogP contribution in [-0.4, -0.2) is 23.0 Å². The second-order valence-electron chi connectivity index (χ2n) is 8.80. The van der Waals surface area contributed by atoms with Crippen molar-refractivity contribution in [1.82, 2.24) is 5.32 Å². The van der Waals surface area contributed by atoms with Crippen molar-refractivity contribution in [3.63, 3.8) is 0 Å². The van der Waals surface area contributed by atoms with Gasteiger partial charge < -0.3 is 19.3 Å². The summed E-state index contributed by atoms with van der Waals surface area (Å²) in [5.41, 5.74) is 4.23. The number of aryl methyl sites for hydroxylation is 2. The summed E-state index contributed by atoms with van der Waals surface area (Å²) < 4.78 is 11.3. The molecule has 7 nitrogen and oxygen atoms in total. The molecule has 0 saturated heterocycles. The van der Waals surface area contributed by atoms with E-state index in [1.807, 2.05) is 44.2 Å². The van der Waals surface area contributed by atoms with Crippen LogP contribution in [0.2, 0.25) is 0 Å². The standard InChI is InChI=1S/C27H27NO6/c1-5-15(3)25(26(30)31)28-24(29)11-19-16(4)18-10-20-21(17-8-6-14(2)7-9-17)13-33-22(20)12-23(18)34-27(19)32/h6-10,12-13,15,25H,5,11H2,1-4H3,(H,28,29)(H,30,31)/t15-,25+/m0/s1. The molecule has 2 aromatic heterocycles. The minimum Gasteiger partial charge on any atom is -0.480 e. The summed E-state index contributed by atoms with van der Waals surface area (Å²) in [6, 6.07) is 10.7. The number of carbonyl (C=O) groups excluding carboxylic acids is 1. The van der Waals surface area contributed by atoms with Gasteiger partial charge in [0.1, 0.15) is 17.2 Å². The summed E-state index contributed by atoms with van der Waals surface area (Å²) in [4.78, 5) is 36.9. The first kappa shape index (κ1) is 23.3. The quantitative estimate of drug-likeness (QED) is 0.376. The minimum atomic E-state index is -1.10. The number of furan rings is 1. The minimum absolute atomic E-state index is 0.207. The Hall–Kier alpha value is -3.87. The highest BCUT2D eigenvalue weighted by Gasteiger charge is 2.26. The molecular weight excluding hydrogens is 434 g/mol. The normalized spacial score (nSPS) is 13.2. The smallest absolute Gasteiger partial charge is 0.340 e. The zero-order valence-electron chi connectivity index (χ0n) is 19.6. The van der Waals surface area contributed by atoms with Gasteiger partial charge in [0, 0.05) is 22.4 Å². The Balaban J connectivity index is 1.74. The number of carboxylic acid groups (broad SMARTS) is 1. The molecule has 0 unspecified atom stereocenters. The van der Waals surface area contributed by atoms with Crippen LogP contribution >= 0.6 is 0 Å². The number of hydrogen-bond acceptors (Lipinski definition) is 5. The third-order valence-corrected chi connectivity index (χ3v) is 6.48. The first-order chi connectivity index (χ1) is 16.2. The van der Waals surface area contributed by atoms with Gasteiger partial charge in [0.25, 0.3) is 0 Å². The first-order valence-electron chi connectivity index (χ1n) is 11.3. The SMILES string of the molecule is CC[C@H](C)[C@@H](NC(=O)Cc1c(C)c2cc3c(-c4ccc(C)cc4)coc3cc2oc1=O)C(=O)O. The van der Waals surface area contributed by atoms with E-state index in [4.69, 9.17) is 8.83 Å². The summed E-state index contributed by atoms with van der Waals surface area (Å²) in [6.45, 7) is 7.41. The third-order valence-electron chi connectivity index (χ3n) is 6.48. The van der Waals surface area contributed by atoms with Crippen molar-refractivity contribution >= 4 is 33.8 Å². The van der Waals surface area contributed by atoms with Gasteiger partial charge in [0.2, 0.25) is 5.91 Å². The number of carbonyl (C=O) groups is 2. The Morgan fingerprint density at radius 2 is 1.76 bits per heavy atom. The van der Waals surface area contributed by atoms with Crippen LogP contribution in [0.1, 0.15) is 37.0 Å². The van der Waals surface area contributed by atoms with E-state index in [2.05, 4.69) is 5.32 Å². The molecule has 176 valence electrons. The van der Waals surface area contributed by atoms with Crippen LogP contribution in [0.5, 0.6) is 0 Å². The van der Waals surface area contributed by atoms with Crippen LogP contribution in [0.3, 0.4) is 0 Å². The molecule has 34 heavy (non-hydrogen) atoms. The molecule has 7 heteroatoms. The van der Waals surface area contributed by atoms with Crippen LogP contribution in [0.15, 0.2) is 56.3 Å². The van der Waals surface area contributed by atoms with E-state index >= 15 is 0 Å². The zero-order chi connectivity index (χ0) is 24.6. The van der Waals surface area contributed by atoms with Gasteiger partial charge in [-0.05, 0) is 37.0 Å². The van der Waals surface area contributed by atoms with E-state index in [0.717, 1.165) is 22.1 Å². The first-order valence-corrected chi connectivity index (χ1v) is 11.3. The number of fused-ring (bicyclic) bond motifs is 2. The molecule has 0 aliphatic rings. The highest BCUT2D eigenvalue weighted by molar-refractivity contribution is 6.02. The molecule has 0 fully saturated rings. The van der Waals surface area contributed by atoms with Crippen LogP contribution < -0.4 is 10.9 Å². The summed E-state index contributed by atoms with van der Waals surface area (Å²) in [6.07, 6.45) is 2.01. The number of carboxylic acids is 1. The number of hydrogen-bond donors (Lipinski definition) is 2. The van der Waals surface area contributed by atoms with E-state index in [1.165, 1.54) is 0 Å². The largest absolute Gasteiger partial charge is 0.480 e.